The van der Waals surface area contributed by atoms with Crippen molar-refractivity contribution in [1.29, 1.82) is 0 Å². The molecule has 3 aromatic carbocycles. The molecule has 0 amide bonds. The minimum absolute atomic E-state index is 0.454. The molecule has 0 aliphatic carbocycles. The molecular weight excluding hydrogens is 368 g/mol. The van der Waals surface area contributed by atoms with E-state index in [1.54, 1.807) is 0 Å². The molecule has 4 aromatic rings. The van der Waals surface area contributed by atoms with Crippen LogP contribution >= 0.6 is 0 Å². The summed E-state index contributed by atoms with van der Waals surface area (Å²) in [6.45, 7) is 0.467. The standard InChI is InChI=1S/C24H18F2NSi/c25-19-15-18-17-27-14-8-7-13-23(27)28(24(18)22(26)16-19,20-9-3-1-4-10-20)21-11-5-2-6-12-21/h1-16H,17H2/q+1. The summed E-state index contributed by atoms with van der Waals surface area (Å²) in [5.74, 6) is -0.982. The van der Waals surface area contributed by atoms with E-state index in [1.807, 2.05) is 54.7 Å². The van der Waals surface area contributed by atoms with Crippen molar-refractivity contribution in [3.05, 3.63) is 114 Å². The molecule has 0 fully saturated rings. The Hall–Kier alpha value is -3.11. The second-order valence-corrected chi connectivity index (χ2v) is 10.8. The zero-order chi connectivity index (χ0) is 19.1. The van der Waals surface area contributed by atoms with Crippen molar-refractivity contribution in [2.75, 3.05) is 0 Å². The van der Waals surface area contributed by atoms with Gasteiger partial charge in [-0.15, -0.1) is 0 Å². The molecule has 0 saturated heterocycles. The van der Waals surface area contributed by atoms with Crippen LogP contribution in [0.1, 0.15) is 5.56 Å². The number of rotatable bonds is 2. The maximum atomic E-state index is 15.5. The molecule has 2 heterocycles. The van der Waals surface area contributed by atoms with Crippen LogP contribution in [0.2, 0.25) is 0 Å². The number of aromatic nitrogens is 1. The third-order valence-electron chi connectivity index (χ3n) is 5.59. The van der Waals surface area contributed by atoms with Crippen LogP contribution in [0, 0.1) is 11.6 Å². The number of hydrogen-bond acceptors (Lipinski definition) is 0. The van der Waals surface area contributed by atoms with E-state index in [2.05, 4.69) is 34.9 Å². The van der Waals surface area contributed by atoms with Gasteiger partial charge in [-0.05, 0) is 16.4 Å². The molecule has 1 nitrogen and oxygen atoms in total. The number of hydrogen-bond donors (Lipinski definition) is 0. The average Bonchev–Trinajstić information content (AvgIpc) is 2.73. The van der Waals surface area contributed by atoms with Crippen LogP contribution in [0.3, 0.4) is 0 Å². The fraction of sp³-hybridized carbons (Fsp3) is 0.0417. The van der Waals surface area contributed by atoms with E-state index in [0.29, 0.717) is 11.7 Å². The molecule has 1 aromatic heterocycles. The van der Waals surface area contributed by atoms with E-state index in [4.69, 9.17) is 0 Å². The van der Waals surface area contributed by atoms with E-state index in [-0.39, 0.29) is 0 Å². The van der Waals surface area contributed by atoms with Crippen LogP contribution in [-0.4, -0.2) is 8.07 Å². The van der Waals surface area contributed by atoms with Gasteiger partial charge in [0, 0.05) is 28.9 Å². The van der Waals surface area contributed by atoms with Crippen molar-refractivity contribution in [2.45, 2.75) is 6.54 Å². The van der Waals surface area contributed by atoms with Gasteiger partial charge >= 0.3 is 0 Å². The van der Waals surface area contributed by atoms with Gasteiger partial charge in [0.25, 0.3) is 8.07 Å². The van der Waals surface area contributed by atoms with E-state index in [1.165, 1.54) is 6.07 Å². The second-order valence-electron chi connectivity index (χ2n) is 7.12. The molecule has 4 heteroatoms. The summed E-state index contributed by atoms with van der Waals surface area (Å²) in [5, 5.41) is 3.95. The predicted octanol–water partition coefficient (Wildman–Crippen LogP) is 1.99. The Balaban J connectivity index is 2.00. The van der Waals surface area contributed by atoms with E-state index in [9.17, 15) is 4.39 Å². The predicted molar refractivity (Wildman–Crippen MR) is 109 cm³/mol. The van der Waals surface area contributed by atoms with Gasteiger partial charge in [-0.3, -0.25) is 0 Å². The molecular formula is C24H18F2NSi+. The van der Waals surface area contributed by atoms with Crippen molar-refractivity contribution in [3.8, 4) is 0 Å². The molecule has 0 unspecified atom stereocenters. The van der Waals surface area contributed by atoms with Crippen molar-refractivity contribution in [3.63, 3.8) is 0 Å². The molecule has 0 radical (unpaired) electrons. The number of pyridine rings is 1. The fourth-order valence-corrected chi connectivity index (χ4v) is 9.70. The third kappa shape index (κ3) is 2.38. The molecule has 0 atom stereocenters. The van der Waals surface area contributed by atoms with Gasteiger partial charge in [0.1, 0.15) is 11.6 Å². The summed E-state index contributed by atoms with van der Waals surface area (Å²) >= 11 is 0. The summed E-state index contributed by atoms with van der Waals surface area (Å²) in [4.78, 5) is 0. The first-order chi connectivity index (χ1) is 13.7. The Bertz CT molecular complexity index is 1120. The Kier molecular flexibility index (Phi) is 3.95. The molecule has 136 valence electrons. The maximum absolute atomic E-state index is 15.5. The van der Waals surface area contributed by atoms with E-state index >= 15 is 4.39 Å². The molecule has 1 aliphatic heterocycles. The lowest BCUT2D eigenvalue weighted by Gasteiger charge is -2.35. The van der Waals surface area contributed by atoms with Crippen LogP contribution in [0.15, 0.2) is 97.2 Å². The normalized spacial score (nSPS) is 14.2. The quantitative estimate of drug-likeness (QED) is 0.323. The molecule has 0 bridgehead atoms. The van der Waals surface area contributed by atoms with Gasteiger partial charge < -0.3 is 0 Å². The van der Waals surface area contributed by atoms with Crippen molar-refractivity contribution in [2.24, 2.45) is 0 Å². The van der Waals surface area contributed by atoms with Gasteiger partial charge in [0.15, 0.2) is 18.1 Å². The Morgan fingerprint density at radius 2 is 1.32 bits per heavy atom. The number of benzene rings is 3. The van der Waals surface area contributed by atoms with Gasteiger partial charge in [-0.2, -0.15) is 0 Å². The molecule has 28 heavy (non-hydrogen) atoms. The summed E-state index contributed by atoms with van der Waals surface area (Å²) < 4.78 is 31.8. The van der Waals surface area contributed by atoms with Crippen LogP contribution in [0.25, 0.3) is 0 Å². The number of fused-ring (bicyclic) bond motifs is 2. The Morgan fingerprint density at radius 1 is 0.714 bits per heavy atom. The van der Waals surface area contributed by atoms with Crippen LogP contribution in [0.4, 0.5) is 8.78 Å². The second kappa shape index (κ2) is 6.50. The number of halogens is 2. The zero-order valence-corrected chi connectivity index (χ0v) is 16.1. The van der Waals surface area contributed by atoms with Gasteiger partial charge in [-0.25, -0.2) is 13.3 Å². The van der Waals surface area contributed by atoms with E-state index < -0.39 is 19.7 Å². The lowest BCUT2D eigenvalue weighted by Crippen LogP contribution is -2.85. The lowest BCUT2D eigenvalue weighted by atomic mass is 10.2. The SMILES string of the molecule is Fc1cc(F)c2c(c1)C[n+]1ccccc1[Si]2(c1ccccc1)c1ccccc1. The first-order valence-electron chi connectivity index (χ1n) is 9.29. The smallest absolute Gasteiger partial charge is 0.207 e. The first-order valence-corrected chi connectivity index (χ1v) is 11.3. The summed E-state index contributed by atoms with van der Waals surface area (Å²) in [7, 11) is -2.92. The summed E-state index contributed by atoms with van der Waals surface area (Å²) in [5.41, 5.74) is 0.723. The molecule has 0 N–H and O–H groups in total. The largest absolute Gasteiger partial charge is 0.263 e. The zero-order valence-electron chi connectivity index (χ0n) is 15.1. The van der Waals surface area contributed by atoms with E-state index in [0.717, 1.165) is 27.3 Å². The molecule has 0 saturated carbocycles. The van der Waals surface area contributed by atoms with Gasteiger partial charge in [-0.1, -0.05) is 66.7 Å². The first kappa shape index (κ1) is 17.0. The maximum Gasteiger partial charge on any atom is 0.263 e. The highest BCUT2D eigenvalue weighted by molar-refractivity contribution is 7.19. The highest BCUT2D eigenvalue weighted by Gasteiger charge is 2.53. The Morgan fingerprint density at radius 3 is 1.96 bits per heavy atom. The number of nitrogens with zero attached hydrogens (tertiary/aromatic N) is 1. The fourth-order valence-electron chi connectivity index (χ4n) is 4.57. The van der Waals surface area contributed by atoms with Gasteiger partial charge in [0.2, 0.25) is 0 Å². The van der Waals surface area contributed by atoms with Crippen LogP contribution in [0.5, 0.6) is 0 Å². The summed E-state index contributed by atoms with van der Waals surface area (Å²) in [6.07, 6.45) is 2.01. The Labute approximate surface area is 163 Å². The monoisotopic (exact) mass is 386 g/mol. The van der Waals surface area contributed by atoms with Crippen molar-refractivity contribution >= 4 is 29.0 Å². The lowest BCUT2D eigenvalue weighted by molar-refractivity contribution is -0.672. The highest BCUT2D eigenvalue weighted by atomic mass is 28.3. The average molecular weight is 386 g/mol. The summed E-state index contributed by atoms with van der Waals surface area (Å²) in [6, 6.07) is 28.8. The molecule has 1 aliphatic rings. The minimum atomic E-state index is -2.92. The minimum Gasteiger partial charge on any atom is -0.207 e. The van der Waals surface area contributed by atoms with Crippen molar-refractivity contribution in [1.82, 2.24) is 0 Å². The van der Waals surface area contributed by atoms with Crippen molar-refractivity contribution < 1.29 is 13.3 Å². The van der Waals surface area contributed by atoms with Crippen LogP contribution < -0.4 is 25.4 Å². The molecule has 0 spiro atoms. The highest BCUT2D eigenvalue weighted by Crippen LogP contribution is 2.17. The topological polar surface area (TPSA) is 3.88 Å². The third-order valence-corrected chi connectivity index (χ3v) is 10.5. The van der Waals surface area contributed by atoms with Gasteiger partial charge in [0.05, 0.1) is 0 Å². The van der Waals surface area contributed by atoms with Crippen LogP contribution in [-0.2, 0) is 6.54 Å². The molecule has 5 rings (SSSR count).